The molecule has 0 aliphatic heterocycles. The van der Waals surface area contributed by atoms with Crippen molar-refractivity contribution in [3.05, 3.63) is 71.3 Å². The molecule has 0 spiro atoms. The van der Waals surface area contributed by atoms with E-state index in [0.717, 1.165) is 13.0 Å². The van der Waals surface area contributed by atoms with Crippen molar-refractivity contribution in [3.8, 4) is 0 Å². The number of hydrogen-bond acceptors (Lipinski definition) is 1. The summed E-state index contributed by atoms with van der Waals surface area (Å²) >= 11 is 0. The number of rotatable bonds is 8. The van der Waals surface area contributed by atoms with Crippen LogP contribution in [0.1, 0.15) is 36.5 Å². The lowest BCUT2D eigenvalue weighted by molar-refractivity contribution is 0.124. The van der Waals surface area contributed by atoms with Gasteiger partial charge in [0.15, 0.2) is 0 Å². The van der Waals surface area contributed by atoms with Gasteiger partial charge >= 0.3 is 0 Å². The summed E-state index contributed by atoms with van der Waals surface area (Å²) in [5, 5.41) is 0. The van der Waals surface area contributed by atoms with Gasteiger partial charge in [-0.15, -0.1) is 0 Å². The smallest absolute Gasteiger partial charge is 0.0717 e. The maximum Gasteiger partial charge on any atom is 0.0717 e. The van der Waals surface area contributed by atoms with E-state index in [4.69, 9.17) is 4.74 Å². The van der Waals surface area contributed by atoms with Crippen molar-refractivity contribution in [2.24, 2.45) is 0 Å². The lowest BCUT2D eigenvalue weighted by Gasteiger charge is -2.06. The Balaban J connectivity index is 1.69. The second-order valence-corrected chi connectivity index (χ2v) is 5.21. The fourth-order valence-electron chi connectivity index (χ4n) is 2.21. The normalized spacial score (nSPS) is 10.7. The Hall–Kier alpha value is -1.60. The van der Waals surface area contributed by atoms with E-state index in [9.17, 15) is 0 Å². The third-order valence-electron chi connectivity index (χ3n) is 3.49. The molecular formula is C19H24O. The number of ether oxygens (including phenoxy) is 1. The van der Waals surface area contributed by atoms with E-state index in [1.165, 1.54) is 36.0 Å². The van der Waals surface area contributed by atoms with Crippen LogP contribution >= 0.6 is 0 Å². The molecular weight excluding hydrogens is 244 g/mol. The van der Waals surface area contributed by atoms with Crippen molar-refractivity contribution in [1.82, 2.24) is 0 Å². The van der Waals surface area contributed by atoms with Crippen LogP contribution in [0.3, 0.4) is 0 Å². The summed E-state index contributed by atoms with van der Waals surface area (Å²) in [5.74, 6) is 0. The SMILES string of the molecule is CCCCc1ccc(CCOCc2ccccc2)cc1. The van der Waals surface area contributed by atoms with Crippen LogP contribution in [-0.2, 0) is 24.2 Å². The Kier molecular flexibility index (Phi) is 6.33. The lowest BCUT2D eigenvalue weighted by atomic mass is 10.1. The Labute approximate surface area is 122 Å². The number of benzene rings is 2. The van der Waals surface area contributed by atoms with E-state index in [-0.39, 0.29) is 0 Å². The van der Waals surface area contributed by atoms with Gasteiger partial charge in [-0.1, -0.05) is 67.9 Å². The molecule has 0 amide bonds. The monoisotopic (exact) mass is 268 g/mol. The molecule has 2 aromatic rings. The van der Waals surface area contributed by atoms with Crippen molar-refractivity contribution in [1.29, 1.82) is 0 Å². The zero-order chi connectivity index (χ0) is 14.0. The van der Waals surface area contributed by atoms with E-state index < -0.39 is 0 Å². The molecule has 0 heterocycles. The van der Waals surface area contributed by atoms with E-state index in [1.807, 2.05) is 18.2 Å². The van der Waals surface area contributed by atoms with Crippen LogP contribution < -0.4 is 0 Å². The Morgan fingerprint density at radius 2 is 1.40 bits per heavy atom. The van der Waals surface area contributed by atoms with E-state index in [0.29, 0.717) is 6.61 Å². The molecule has 0 unspecified atom stereocenters. The van der Waals surface area contributed by atoms with Gasteiger partial charge in [-0.05, 0) is 36.0 Å². The molecule has 106 valence electrons. The molecule has 0 radical (unpaired) electrons. The maximum atomic E-state index is 5.72. The van der Waals surface area contributed by atoms with Gasteiger partial charge in [-0.25, -0.2) is 0 Å². The highest BCUT2D eigenvalue weighted by Gasteiger charge is 1.96. The Bertz CT molecular complexity index is 473. The first kappa shape index (κ1) is 14.8. The second kappa shape index (κ2) is 8.55. The Morgan fingerprint density at radius 1 is 0.750 bits per heavy atom. The van der Waals surface area contributed by atoms with Crippen molar-refractivity contribution in [2.75, 3.05) is 6.61 Å². The summed E-state index contributed by atoms with van der Waals surface area (Å²) in [5.41, 5.74) is 4.04. The topological polar surface area (TPSA) is 9.23 Å². The van der Waals surface area contributed by atoms with Crippen LogP contribution in [0.25, 0.3) is 0 Å². The van der Waals surface area contributed by atoms with Gasteiger partial charge in [-0.2, -0.15) is 0 Å². The summed E-state index contributed by atoms with van der Waals surface area (Å²) in [6, 6.07) is 19.3. The summed E-state index contributed by atoms with van der Waals surface area (Å²) < 4.78 is 5.72. The van der Waals surface area contributed by atoms with Gasteiger partial charge in [0.05, 0.1) is 13.2 Å². The van der Waals surface area contributed by atoms with Gasteiger partial charge < -0.3 is 4.74 Å². The molecule has 0 fully saturated rings. The first-order chi connectivity index (χ1) is 9.88. The minimum Gasteiger partial charge on any atom is -0.376 e. The fourth-order valence-corrected chi connectivity index (χ4v) is 2.21. The Morgan fingerprint density at radius 3 is 2.05 bits per heavy atom. The molecule has 1 heteroatoms. The average Bonchev–Trinajstić information content (AvgIpc) is 2.52. The highest BCUT2D eigenvalue weighted by molar-refractivity contribution is 5.22. The summed E-state index contributed by atoms with van der Waals surface area (Å²) in [6.45, 7) is 3.72. The minimum absolute atomic E-state index is 0.704. The molecule has 0 N–H and O–H groups in total. The zero-order valence-corrected chi connectivity index (χ0v) is 12.3. The van der Waals surface area contributed by atoms with Crippen molar-refractivity contribution < 1.29 is 4.74 Å². The third kappa shape index (κ3) is 5.18. The number of aryl methyl sites for hydroxylation is 1. The average molecular weight is 268 g/mol. The molecule has 0 aliphatic rings. The van der Waals surface area contributed by atoms with Gasteiger partial charge in [-0.3, -0.25) is 0 Å². The van der Waals surface area contributed by atoms with Crippen LogP contribution in [0.5, 0.6) is 0 Å². The number of unbranched alkanes of at least 4 members (excludes halogenated alkanes) is 1. The molecule has 1 nitrogen and oxygen atoms in total. The highest BCUT2D eigenvalue weighted by atomic mass is 16.5. The lowest BCUT2D eigenvalue weighted by Crippen LogP contribution is -1.99. The van der Waals surface area contributed by atoms with Gasteiger partial charge in [0.25, 0.3) is 0 Å². The fraction of sp³-hybridized carbons (Fsp3) is 0.368. The minimum atomic E-state index is 0.704. The van der Waals surface area contributed by atoms with E-state index in [1.54, 1.807) is 0 Å². The summed E-state index contributed by atoms with van der Waals surface area (Å²) in [6.07, 6.45) is 4.72. The quantitative estimate of drug-likeness (QED) is 0.625. The molecule has 2 rings (SSSR count). The summed E-state index contributed by atoms with van der Waals surface area (Å²) in [7, 11) is 0. The zero-order valence-electron chi connectivity index (χ0n) is 12.3. The molecule has 2 aromatic carbocycles. The van der Waals surface area contributed by atoms with Gasteiger partial charge in [0.1, 0.15) is 0 Å². The molecule has 0 bridgehead atoms. The second-order valence-electron chi connectivity index (χ2n) is 5.21. The van der Waals surface area contributed by atoms with Crippen molar-refractivity contribution >= 4 is 0 Å². The van der Waals surface area contributed by atoms with E-state index >= 15 is 0 Å². The van der Waals surface area contributed by atoms with Gasteiger partial charge in [0.2, 0.25) is 0 Å². The van der Waals surface area contributed by atoms with Crippen LogP contribution in [0, 0.1) is 0 Å². The molecule has 0 atom stereocenters. The van der Waals surface area contributed by atoms with Crippen LogP contribution in [0.4, 0.5) is 0 Å². The van der Waals surface area contributed by atoms with Crippen LogP contribution in [0.15, 0.2) is 54.6 Å². The molecule has 0 aromatic heterocycles. The van der Waals surface area contributed by atoms with Crippen LogP contribution in [0.2, 0.25) is 0 Å². The number of hydrogen-bond donors (Lipinski definition) is 0. The van der Waals surface area contributed by atoms with Crippen molar-refractivity contribution in [3.63, 3.8) is 0 Å². The first-order valence-electron chi connectivity index (χ1n) is 7.58. The van der Waals surface area contributed by atoms with Gasteiger partial charge in [0, 0.05) is 0 Å². The standard InChI is InChI=1S/C19H24O/c1-2-3-7-17-10-12-18(13-11-17)14-15-20-16-19-8-5-4-6-9-19/h4-6,8-13H,2-3,7,14-16H2,1H3. The molecule has 0 saturated heterocycles. The summed E-state index contributed by atoms with van der Waals surface area (Å²) in [4.78, 5) is 0. The predicted octanol–water partition coefficient (Wildman–Crippen LogP) is 4.79. The molecule has 20 heavy (non-hydrogen) atoms. The van der Waals surface area contributed by atoms with Crippen molar-refractivity contribution in [2.45, 2.75) is 39.2 Å². The largest absolute Gasteiger partial charge is 0.376 e. The first-order valence-corrected chi connectivity index (χ1v) is 7.58. The predicted molar refractivity (Wildman–Crippen MR) is 84.9 cm³/mol. The van der Waals surface area contributed by atoms with Crippen LogP contribution in [-0.4, -0.2) is 6.61 Å². The third-order valence-corrected chi connectivity index (χ3v) is 3.49. The molecule has 0 saturated carbocycles. The van der Waals surface area contributed by atoms with E-state index in [2.05, 4.69) is 43.3 Å². The maximum absolute atomic E-state index is 5.72. The highest BCUT2D eigenvalue weighted by Crippen LogP contribution is 2.09. The molecule has 0 aliphatic carbocycles.